The van der Waals surface area contributed by atoms with Gasteiger partial charge in [-0.1, -0.05) is 30.3 Å². The molecule has 0 aromatic heterocycles. The van der Waals surface area contributed by atoms with E-state index in [1.165, 1.54) is 12.1 Å². The molecule has 1 amide bonds. The molecular weight excluding hydrogens is 257 g/mol. The number of nitriles is 1. The van der Waals surface area contributed by atoms with Gasteiger partial charge in [-0.25, -0.2) is 4.39 Å². The van der Waals surface area contributed by atoms with Crippen LogP contribution < -0.4 is 11.1 Å². The standard InChI is InChI=1S/C15H12FN3O/c16-12-7-3-4-8-13(12)19-14(15(18)20)11-6-2-1-5-10(11)9-17/h1-8,14,19H,(H2,18,20). The van der Waals surface area contributed by atoms with E-state index in [0.717, 1.165) is 0 Å². The van der Waals surface area contributed by atoms with Gasteiger partial charge in [-0.15, -0.1) is 0 Å². The van der Waals surface area contributed by atoms with Crippen LogP contribution in [0.4, 0.5) is 10.1 Å². The SMILES string of the molecule is N#Cc1ccccc1C(Nc1ccccc1F)C(N)=O. The third kappa shape index (κ3) is 2.75. The average molecular weight is 269 g/mol. The van der Waals surface area contributed by atoms with Crippen molar-refractivity contribution in [3.8, 4) is 6.07 Å². The van der Waals surface area contributed by atoms with Crippen LogP contribution >= 0.6 is 0 Å². The minimum absolute atomic E-state index is 0.157. The van der Waals surface area contributed by atoms with Crippen LogP contribution in [0.25, 0.3) is 0 Å². The summed E-state index contributed by atoms with van der Waals surface area (Å²) >= 11 is 0. The van der Waals surface area contributed by atoms with Gasteiger partial charge >= 0.3 is 0 Å². The Morgan fingerprint density at radius 1 is 1.20 bits per heavy atom. The lowest BCUT2D eigenvalue weighted by Crippen LogP contribution is -2.28. The predicted molar refractivity (Wildman–Crippen MR) is 73.1 cm³/mol. The number of halogens is 1. The fourth-order valence-corrected chi connectivity index (χ4v) is 1.89. The molecule has 5 heteroatoms. The van der Waals surface area contributed by atoms with Crippen molar-refractivity contribution in [2.75, 3.05) is 5.32 Å². The number of nitrogens with zero attached hydrogens (tertiary/aromatic N) is 1. The third-order valence-corrected chi connectivity index (χ3v) is 2.85. The van der Waals surface area contributed by atoms with Crippen molar-refractivity contribution in [3.05, 3.63) is 65.5 Å². The molecular formula is C15H12FN3O. The van der Waals surface area contributed by atoms with E-state index >= 15 is 0 Å². The third-order valence-electron chi connectivity index (χ3n) is 2.85. The highest BCUT2D eigenvalue weighted by Crippen LogP contribution is 2.23. The van der Waals surface area contributed by atoms with Gasteiger partial charge in [-0.05, 0) is 18.2 Å². The van der Waals surface area contributed by atoms with Crippen molar-refractivity contribution < 1.29 is 9.18 Å². The lowest BCUT2D eigenvalue weighted by Gasteiger charge is -2.18. The highest BCUT2D eigenvalue weighted by atomic mass is 19.1. The summed E-state index contributed by atoms with van der Waals surface area (Å²) in [5, 5.41) is 11.8. The number of nitrogens with one attached hydrogen (secondary N) is 1. The van der Waals surface area contributed by atoms with E-state index in [4.69, 9.17) is 11.0 Å². The Morgan fingerprint density at radius 3 is 2.50 bits per heavy atom. The zero-order valence-corrected chi connectivity index (χ0v) is 10.5. The molecule has 4 nitrogen and oxygen atoms in total. The van der Waals surface area contributed by atoms with Crippen molar-refractivity contribution in [2.45, 2.75) is 6.04 Å². The second-order valence-corrected chi connectivity index (χ2v) is 4.16. The molecule has 0 fully saturated rings. The zero-order valence-electron chi connectivity index (χ0n) is 10.5. The van der Waals surface area contributed by atoms with Gasteiger partial charge in [0.25, 0.3) is 0 Å². The van der Waals surface area contributed by atoms with Crippen LogP contribution in [0.3, 0.4) is 0 Å². The highest BCUT2D eigenvalue weighted by Gasteiger charge is 2.21. The Morgan fingerprint density at radius 2 is 1.85 bits per heavy atom. The number of carbonyl (C=O) groups excluding carboxylic acids is 1. The molecule has 0 bridgehead atoms. The van der Waals surface area contributed by atoms with Gasteiger partial charge in [0.05, 0.1) is 17.3 Å². The number of carbonyl (C=O) groups is 1. The average Bonchev–Trinajstić information content (AvgIpc) is 2.46. The van der Waals surface area contributed by atoms with E-state index in [2.05, 4.69) is 5.32 Å². The summed E-state index contributed by atoms with van der Waals surface area (Å²) in [6, 6.07) is 13.5. The first-order valence-corrected chi connectivity index (χ1v) is 5.93. The molecule has 0 saturated carbocycles. The van der Waals surface area contributed by atoms with Crippen LogP contribution in [-0.4, -0.2) is 5.91 Å². The van der Waals surface area contributed by atoms with Crippen molar-refractivity contribution in [2.24, 2.45) is 5.73 Å². The van der Waals surface area contributed by atoms with E-state index in [-0.39, 0.29) is 5.69 Å². The van der Waals surface area contributed by atoms with Crippen molar-refractivity contribution >= 4 is 11.6 Å². The van der Waals surface area contributed by atoms with E-state index in [1.807, 2.05) is 6.07 Å². The van der Waals surface area contributed by atoms with Crippen LogP contribution in [0.15, 0.2) is 48.5 Å². The monoisotopic (exact) mass is 269 g/mol. The van der Waals surface area contributed by atoms with Crippen LogP contribution in [0, 0.1) is 17.1 Å². The van der Waals surface area contributed by atoms with Crippen LogP contribution in [0.1, 0.15) is 17.2 Å². The molecule has 0 aliphatic heterocycles. The summed E-state index contributed by atoms with van der Waals surface area (Å²) in [6.45, 7) is 0. The quantitative estimate of drug-likeness (QED) is 0.894. The molecule has 1 unspecified atom stereocenters. The number of nitrogens with two attached hydrogens (primary N) is 1. The molecule has 0 aliphatic carbocycles. The Balaban J connectivity index is 2.41. The molecule has 100 valence electrons. The Kier molecular flexibility index (Phi) is 3.96. The summed E-state index contributed by atoms with van der Waals surface area (Å²) < 4.78 is 13.6. The van der Waals surface area contributed by atoms with Crippen molar-refractivity contribution in [1.82, 2.24) is 0 Å². The Labute approximate surface area is 115 Å². The second kappa shape index (κ2) is 5.85. The number of para-hydroxylation sites is 1. The number of anilines is 1. The normalized spacial score (nSPS) is 11.4. The lowest BCUT2D eigenvalue weighted by atomic mass is 10.00. The fraction of sp³-hybridized carbons (Fsp3) is 0.0667. The fourth-order valence-electron chi connectivity index (χ4n) is 1.89. The maximum atomic E-state index is 13.6. The van der Waals surface area contributed by atoms with Gasteiger partial charge in [0.1, 0.15) is 11.9 Å². The van der Waals surface area contributed by atoms with E-state index in [0.29, 0.717) is 11.1 Å². The topological polar surface area (TPSA) is 78.9 Å². The summed E-state index contributed by atoms with van der Waals surface area (Å²) in [5.74, 6) is -1.18. The molecule has 1 atom stereocenters. The van der Waals surface area contributed by atoms with Crippen molar-refractivity contribution in [3.63, 3.8) is 0 Å². The summed E-state index contributed by atoms with van der Waals surface area (Å²) in [6.07, 6.45) is 0. The van der Waals surface area contributed by atoms with Crippen LogP contribution in [0.5, 0.6) is 0 Å². The molecule has 0 aliphatic rings. The van der Waals surface area contributed by atoms with Gasteiger partial charge < -0.3 is 11.1 Å². The van der Waals surface area contributed by atoms with E-state index in [9.17, 15) is 9.18 Å². The first-order valence-electron chi connectivity index (χ1n) is 5.93. The van der Waals surface area contributed by atoms with Crippen LogP contribution in [-0.2, 0) is 4.79 Å². The molecule has 0 heterocycles. The predicted octanol–water partition coefficient (Wildman–Crippen LogP) is 2.34. The van der Waals surface area contributed by atoms with Crippen LogP contribution in [0.2, 0.25) is 0 Å². The second-order valence-electron chi connectivity index (χ2n) is 4.16. The smallest absolute Gasteiger partial charge is 0.244 e. The molecule has 3 N–H and O–H groups in total. The maximum absolute atomic E-state index is 13.6. The number of hydrogen-bond acceptors (Lipinski definition) is 3. The van der Waals surface area contributed by atoms with Gasteiger partial charge in [-0.2, -0.15) is 5.26 Å². The number of primary amides is 1. The number of benzene rings is 2. The number of rotatable bonds is 4. The molecule has 0 radical (unpaired) electrons. The molecule has 0 spiro atoms. The van der Waals surface area contributed by atoms with Gasteiger partial charge in [0.15, 0.2) is 0 Å². The van der Waals surface area contributed by atoms with Crippen molar-refractivity contribution in [1.29, 1.82) is 5.26 Å². The molecule has 2 aromatic rings. The highest BCUT2D eigenvalue weighted by molar-refractivity contribution is 5.85. The Bertz CT molecular complexity index is 679. The Hall–Kier alpha value is -2.87. The van der Waals surface area contributed by atoms with Gasteiger partial charge in [0, 0.05) is 5.56 Å². The lowest BCUT2D eigenvalue weighted by molar-refractivity contribution is -0.118. The number of amides is 1. The minimum atomic E-state index is -0.970. The minimum Gasteiger partial charge on any atom is -0.368 e. The molecule has 20 heavy (non-hydrogen) atoms. The summed E-state index contributed by atoms with van der Waals surface area (Å²) in [7, 11) is 0. The summed E-state index contributed by atoms with van der Waals surface area (Å²) in [5.41, 5.74) is 6.26. The van der Waals surface area contributed by atoms with Gasteiger partial charge in [0.2, 0.25) is 5.91 Å². The summed E-state index contributed by atoms with van der Waals surface area (Å²) in [4.78, 5) is 11.6. The van der Waals surface area contributed by atoms with E-state index < -0.39 is 17.8 Å². The largest absolute Gasteiger partial charge is 0.368 e. The first-order chi connectivity index (χ1) is 9.63. The zero-order chi connectivity index (χ0) is 14.5. The van der Waals surface area contributed by atoms with Gasteiger partial charge in [-0.3, -0.25) is 4.79 Å². The molecule has 0 saturated heterocycles. The maximum Gasteiger partial charge on any atom is 0.244 e. The number of hydrogen-bond donors (Lipinski definition) is 2. The molecule has 2 aromatic carbocycles. The first kappa shape index (κ1) is 13.6. The molecule has 2 rings (SSSR count). The van der Waals surface area contributed by atoms with E-state index in [1.54, 1.807) is 36.4 Å².